The van der Waals surface area contributed by atoms with Crippen LogP contribution in [0, 0.1) is 13.8 Å². The number of aryl methyl sites for hydroxylation is 2. The third-order valence-corrected chi connectivity index (χ3v) is 5.00. The standard InChI is InChI=1S/C18H30N4O.HI/c1-4-19-18(20-12-16-11-14(2)23-15(16)3)22-10-7-17(13-22)21-8-5-6-9-21;/h11,17H,4-10,12-13H2,1-3H3,(H,19,20);1H. The summed E-state index contributed by atoms with van der Waals surface area (Å²) in [6.45, 7) is 12.5. The molecule has 3 heterocycles. The number of rotatable bonds is 4. The van der Waals surface area contributed by atoms with Gasteiger partial charge in [-0.15, -0.1) is 24.0 Å². The van der Waals surface area contributed by atoms with Crippen LogP contribution < -0.4 is 5.32 Å². The quantitative estimate of drug-likeness (QED) is 0.439. The highest BCUT2D eigenvalue weighted by molar-refractivity contribution is 14.0. The van der Waals surface area contributed by atoms with Crippen LogP contribution in [0.5, 0.6) is 0 Å². The Morgan fingerprint density at radius 2 is 2.04 bits per heavy atom. The van der Waals surface area contributed by atoms with Crippen LogP contribution in [-0.4, -0.2) is 54.5 Å². The molecule has 0 spiro atoms. The van der Waals surface area contributed by atoms with Gasteiger partial charge in [0.1, 0.15) is 11.5 Å². The first kappa shape index (κ1) is 19.6. The van der Waals surface area contributed by atoms with E-state index in [1.807, 2.05) is 13.8 Å². The molecule has 136 valence electrons. The van der Waals surface area contributed by atoms with Gasteiger partial charge in [0.15, 0.2) is 5.96 Å². The number of guanidine groups is 1. The SMILES string of the molecule is CCNC(=NCc1cc(C)oc1C)N1CCC(N2CCCC2)C1.I. The molecule has 1 aromatic heterocycles. The summed E-state index contributed by atoms with van der Waals surface area (Å²) in [6.07, 6.45) is 3.99. The molecule has 1 unspecified atom stereocenters. The molecule has 3 rings (SSSR count). The van der Waals surface area contributed by atoms with E-state index in [4.69, 9.17) is 9.41 Å². The predicted octanol–water partition coefficient (Wildman–Crippen LogP) is 3.15. The van der Waals surface area contributed by atoms with Crippen LogP contribution in [0.15, 0.2) is 15.5 Å². The summed E-state index contributed by atoms with van der Waals surface area (Å²) < 4.78 is 5.61. The molecule has 2 fully saturated rings. The Morgan fingerprint density at radius 3 is 2.67 bits per heavy atom. The molecule has 2 aliphatic rings. The Morgan fingerprint density at radius 1 is 1.29 bits per heavy atom. The van der Waals surface area contributed by atoms with Gasteiger partial charge in [0.25, 0.3) is 0 Å². The van der Waals surface area contributed by atoms with E-state index in [-0.39, 0.29) is 24.0 Å². The number of furan rings is 1. The second-order valence-electron chi connectivity index (χ2n) is 6.74. The molecule has 0 radical (unpaired) electrons. The summed E-state index contributed by atoms with van der Waals surface area (Å²) in [4.78, 5) is 9.94. The van der Waals surface area contributed by atoms with Crippen molar-refractivity contribution >= 4 is 29.9 Å². The highest BCUT2D eigenvalue weighted by Crippen LogP contribution is 2.21. The molecule has 24 heavy (non-hydrogen) atoms. The maximum Gasteiger partial charge on any atom is 0.194 e. The number of aliphatic imine (C=N–C) groups is 1. The first-order valence-corrected chi connectivity index (χ1v) is 9.00. The fourth-order valence-corrected chi connectivity index (χ4v) is 3.77. The Bertz CT molecular complexity index is 551. The van der Waals surface area contributed by atoms with Crippen LogP contribution in [0.4, 0.5) is 0 Å². The number of nitrogens with one attached hydrogen (secondary N) is 1. The van der Waals surface area contributed by atoms with Gasteiger partial charge in [-0.1, -0.05) is 0 Å². The normalized spacial score (nSPS) is 22.0. The van der Waals surface area contributed by atoms with Gasteiger partial charge in [-0.3, -0.25) is 4.90 Å². The number of hydrogen-bond donors (Lipinski definition) is 1. The summed E-state index contributed by atoms with van der Waals surface area (Å²) in [6, 6.07) is 2.80. The molecular weight excluding hydrogens is 415 g/mol. The molecule has 0 aliphatic carbocycles. The van der Waals surface area contributed by atoms with Crippen LogP contribution in [-0.2, 0) is 6.54 Å². The van der Waals surface area contributed by atoms with E-state index in [9.17, 15) is 0 Å². The Balaban J connectivity index is 0.00000208. The molecule has 0 saturated carbocycles. The van der Waals surface area contributed by atoms with Crippen molar-refractivity contribution in [3.8, 4) is 0 Å². The first-order chi connectivity index (χ1) is 11.2. The van der Waals surface area contributed by atoms with Gasteiger partial charge in [0.2, 0.25) is 0 Å². The summed E-state index contributed by atoms with van der Waals surface area (Å²) >= 11 is 0. The van der Waals surface area contributed by atoms with Crippen molar-refractivity contribution < 1.29 is 4.42 Å². The van der Waals surface area contributed by atoms with E-state index in [1.54, 1.807) is 0 Å². The van der Waals surface area contributed by atoms with E-state index in [0.717, 1.165) is 37.1 Å². The maximum absolute atomic E-state index is 5.61. The maximum atomic E-state index is 5.61. The lowest BCUT2D eigenvalue weighted by atomic mass is 10.2. The average molecular weight is 446 g/mol. The molecule has 1 aromatic rings. The van der Waals surface area contributed by atoms with Gasteiger partial charge >= 0.3 is 0 Å². The summed E-state index contributed by atoms with van der Waals surface area (Å²) in [5, 5.41) is 3.46. The summed E-state index contributed by atoms with van der Waals surface area (Å²) in [5.74, 6) is 3.00. The molecule has 1 atom stereocenters. The van der Waals surface area contributed by atoms with Crippen molar-refractivity contribution in [1.82, 2.24) is 15.1 Å². The van der Waals surface area contributed by atoms with Crippen LogP contribution in [0.3, 0.4) is 0 Å². The fourth-order valence-electron chi connectivity index (χ4n) is 3.77. The summed E-state index contributed by atoms with van der Waals surface area (Å²) in [7, 11) is 0. The average Bonchev–Trinajstić information content (AvgIpc) is 3.24. The molecule has 2 aliphatic heterocycles. The van der Waals surface area contributed by atoms with E-state index in [1.165, 1.54) is 37.9 Å². The molecule has 0 bridgehead atoms. The Kier molecular flexibility index (Phi) is 7.40. The first-order valence-electron chi connectivity index (χ1n) is 9.00. The summed E-state index contributed by atoms with van der Waals surface area (Å²) in [5.41, 5.74) is 1.19. The van der Waals surface area contributed by atoms with Crippen molar-refractivity contribution in [2.45, 2.75) is 52.6 Å². The van der Waals surface area contributed by atoms with Crippen molar-refractivity contribution in [2.24, 2.45) is 4.99 Å². The number of likely N-dealkylation sites (tertiary alicyclic amines) is 2. The molecule has 0 amide bonds. The highest BCUT2D eigenvalue weighted by Gasteiger charge is 2.30. The second-order valence-corrected chi connectivity index (χ2v) is 6.74. The zero-order chi connectivity index (χ0) is 16.2. The van der Waals surface area contributed by atoms with E-state index in [0.29, 0.717) is 12.6 Å². The van der Waals surface area contributed by atoms with Crippen LogP contribution in [0.1, 0.15) is 43.3 Å². The predicted molar refractivity (Wildman–Crippen MR) is 109 cm³/mol. The fraction of sp³-hybridized carbons (Fsp3) is 0.722. The Labute approximate surface area is 162 Å². The minimum absolute atomic E-state index is 0. The Hall–Kier alpha value is -0.760. The topological polar surface area (TPSA) is 44.0 Å². The second kappa shape index (κ2) is 9.08. The molecule has 6 heteroatoms. The minimum atomic E-state index is 0. The van der Waals surface area contributed by atoms with Gasteiger partial charge in [-0.2, -0.15) is 0 Å². The van der Waals surface area contributed by atoms with Crippen molar-refractivity contribution in [3.05, 3.63) is 23.2 Å². The lowest BCUT2D eigenvalue weighted by Gasteiger charge is -2.25. The third-order valence-electron chi connectivity index (χ3n) is 5.00. The lowest BCUT2D eigenvalue weighted by molar-refractivity contribution is 0.249. The number of hydrogen-bond acceptors (Lipinski definition) is 3. The van der Waals surface area contributed by atoms with E-state index < -0.39 is 0 Å². The highest BCUT2D eigenvalue weighted by atomic mass is 127. The largest absolute Gasteiger partial charge is 0.466 e. The molecular formula is C18H31IN4O. The van der Waals surface area contributed by atoms with Crippen LogP contribution in [0.25, 0.3) is 0 Å². The molecule has 2 saturated heterocycles. The van der Waals surface area contributed by atoms with Crippen molar-refractivity contribution in [3.63, 3.8) is 0 Å². The lowest BCUT2D eigenvalue weighted by Crippen LogP contribution is -2.42. The zero-order valence-electron chi connectivity index (χ0n) is 15.2. The minimum Gasteiger partial charge on any atom is -0.466 e. The van der Waals surface area contributed by atoms with Crippen molar-refractivity contribution in [1.29, 1.82) is 0 Å². The molecule has 1 N–H and O–H groups in total. The van der Waals surface area contributed by atoms with Crippen LogP contribution >= 0.6 is 24.0 Å². The smallest absolute Gasteiger partial charge is 0.194 e. The van der Waals surface area contributed by atoms with Crippen LogP contribution in [0.2, 0.25) is 0 Å². The van der Waals surface area contributed by atoms with Gasteiger partial charge in [0, 0.05) is 31.2 Å². The van der Waals surface area contributed by atoms with E-state index in [2.05, 4.69) is 28.1 Å². The number of halogens is 1. The molecule has 5 nitrogen and oxygen atoms in total. The monoisotopic (exact) mass is 446 g/mol. The van der Waals surface area contributed by atoms with Crippen molar-refractivity contribution in [2.75, 3.05) is 32.7 Å². The third kappa shape index (κ3) is 4.65. The van der Waals surface area contributed by atoms with Gasteiger partial charge in [0.05, 0.1) is 6.54 Å². The zero-order valence-corrected chi connectivity index (χ0v) is 17.5. The number of nitrogens with zero attached hydrogens (tertiary/aromatic N) is 3. The van der Waals surface area contributed by atoms with Gasteiger partial charge in [-0.25, -0.2) is 4.99 Å². The van der Waals surface area contributed by atoms with Gasteiger partial charge in [-0.05, 0) is 59.2 Å². The molecule has 0 aromatic carbocycles. The van der Waals surface area contributed by atoms with E-state index >= 15 is 0 Å². The van der Waals surface area contributed by atoms with Gasteiger partial charge < -0.3 is 14.6 Å².